The van der Waals surface area contributed by atoms with Gasteiger partial charge < -0.3 is 14.8 Å². The van der Waals surface area contributed by atoms with Crippen molar-refractivity contribution in [1.29, 1.82) is 0 Å². The molecule has 1 aromatic heterocycles. The predicted octanol–water partition coefficient (Wildman–Crippen LogP) is 5.01. The van der Waals surface area contributed by atoms with E-state index in [1.165, 1.54) is 0 Å². The minimum absolute atomic E-state index is 0.0115. The Hall–Kier alpha value is -3.57. The van der Waals surface area contributed by atoms with Gasteiger partial charge in [0.2, 0.25) is 11.8 Å². The van der Waals surface area contributed by atoms with Crippen molar-refractivity contribution in [1.82, 2.24) is 14.8 Å². The third-order valence-electron chi connectivity index (χ3n) is 7.02. The van der Waals surface area contributed by atoms with E-state index in [0.717, 1.165) is 38.9 Å². The Morgan fingerprint density at radius 3 is 2.47 bits per heavy atom. The van der Waals surface area contributed by atoms with Gasteiger partial charge in [0.1, 0.15) is 12.6 Å². The molecule has 5 nitrogen and oxygen atoms in total. The van der Waals surface area contributed by atoms with E-state index in [2.05, 4.69) is 41.4 Å². The minimum atomic E-state index is -0.536. The number of carbonyl (C=O) groups is 2. The summed E-state index contributed by atoms with van der Waals surface area (Å²) in [5.41, 5.74) is 6.28. The maximum Gasteiger partial charge on any atom is 0.246 e. The Balaban J connectivity index is 1.44. The lowest BCUT2D eigenvalue weighted by atomic mass is 9.86. The Bertz CT molecular complexity index is 1410. The van der Waals surface area contributed by atoms with Gasteiger partial charge in [0.15, 0.2) is 0 Å². The van der Waals surface area contributed by atoms with E-state index in [0.29, 0.717) is 18.0 Å². The molecule has 0 aliphatic carbocycles. The van der Waals surface area contributed by atoms with Crippen LogP contribution in [0.1, 0.15) is 34.0 Å². The number of aryl methyl sites for hydroxylation is 1. The molecule has 6 rings (SSSR count). The summed E-state index contributed by atoms with van der Waals surface area (Å²) in [5, 5.41) is 1.76. The second-order valence-corrected chi connectivity index (χ2v) is 9.65. The number of hydrogen-bond donors (Lipinski definition) is 1. The van der Waals surface area contributed by atoms with Crippen LogP contribution in [0.4, 0.5) is 0 Å². The molecule has 6 heteroatoms. The lowest BCUT2D eigenvalue weighted by molar-refractivity contribution is -0.159. The monoisotopic (exact) mass is 469 g/mol. The second-order valence-electron chi connectivity index (χ2n) is 9.22. The van der Waals surface area contributed by atoms with Crippen LogP contribution in [0.3, 0.4) is 0 Å². The van der Waals surface area contributed by atoms with E-state index < -0.39 is 6.04 Å². The fourth-order valence-corrected chi connectivity index (χ4v) is 5.49. The fourth-order valence-electron chi connectivity index (χ4n) is 5.36. The Morgan fingerprint density at radius 2 is 1.71 bits per heavy atom. The smallest absolute Gasteiger partial charge is 0.246 e. The number of aromatic amines is 1. The standard InChI is InChI=1S/C28H24ClN3O2/c1-17-6-10-19(11-7-17)27-26-22(21-4-2-3-5-23(21)30-26)14-24-28(34)31(16-25(33)32(24)27)15-18-8-12-20(29)13-9-18/h2-13,24,27,30H,14-16H2,1H3/t24-,27+/m0/s1. The number of carbonyl (C=O) groups excluding carboxylic acids is 2. The van der Waals surface area contributed by atoms with E-state index in [4.69, 9.17) is 11.6 Å². The maximum atomic E-state index is 13.8. The van der Waals surface area contributed by atoms with Crippen LogP contribution in [-0.2, 0) is 22.6 Å². The zero-order valence-electron chi connectivity index (χ0n) is 18.8. The first-order chi connectivity index (χ1) is 16.5. The van der Waals surface area contributed by atoms with E-state index in [-0.39, 0.29) is 24.4 Å². The molecule has 3 heterocycles. The van der Waals surface area contributed by atoms with Crippen LogP contribution >= 0.6 is 11.6 Å². The Labute approximate surface area is 202 Å². The number of para-hydroxylation sites is 1. The lowest BCUT2D eigenvalue weighted by Crippen LogP contribution is -2.62. The summed E-state index contributed by atoms with van der Waals surface area (Å²) in [6.45, 7) is 2.50. The van der Waals surface area contributed by atoms with Crippen LogP contribution in [0.2, 0.25) is 5.02 Å². The zero-order chi connectivity index (χ0) is 23.4. The van der Waals surface area contributed by atoms with Crippen molar-refractivity contribution < 1.29 is 9.59 Å². The highest BCUT2D eigenvalue weighted by molar-refractivity contribution is 6.30. The number of nitrogens with one attached hydrogen (secondary N) is 1. The maximum absolute atomic E-state index is 13.8. The molecular weight excluding hydrogens is 446 g/mol. The van der Waals surface area contributed by atoms with Crippen LogP contribution in [0, 0.1) is 6.92 Å². The zero-order valence-corrected chi connectivity index (χ0v) is 19.5. The number of benzene rings is 3. The van der Waals surface area contributed by atoms with Gasteiger partial charge in [-0.05, 0) is 41.8 Å². The Kier molecular flexibility index (Phi) is 4.96. The molecule has 0 radical (unpaired) electrons. The normalized spacial score (nSPS) is 19.9. The van der Waals surface area contributed by atoms with Crippen LogP contribution in [0.15, 0.2) is 72.8 Å². The van der Waals surface area contributed by atoms with Crippen molar-refractivity contribution in [2.75, 3.05) is 6.54 Å². The lowest BCUT2D eigenvalue weighted by Gasteiger charge is -2.47. The van der Waals surface area contributed by atoms with E-state index in [1.807, 2.05) is 48.2 Å². The van der Waals surface area contributed by atoms with Crippen molar-refractivity contribution in [2.24, 2.45) is 0 Å². The molecule has 0 bridgehead atoms. The summed E-state index contributed by atoms with van der Waals surface area (Å²) in [6.07, 6.45) is 0.503. The van der Waals surface area contributed by atoms with E-state index >= 15 is 0 Å². The predicted molar refractivity (Wildman–Crippen MR) is 133 cm³/mol. The summed E-state index contributed by atoms with van der Waals surface area (Å²) in [5.74, 6) is -0.0453. The van der Waals surface area contributed by atoms with Crippen molar-refractivity contribution in [2.45, 2.75) is 32.0 Å². The van der Waals surface area contributed by atoms with Gasteiger partial charge in [0, 0.05) is 34.6 Å². The SMILES string of the molecule is Cc1ccc([C@@H]2c3[nH]c4ccccc4c3C[C@H]3C(=O)N(Cc4ccc(Cl)cc4)CC(=O)N23)cc1. The molecule has 170 valence electrons. The molecule has 1 fully saturated rings. The first-order valence-corrected chi connectivity index (χ1v) is 11.9. The van der Waals surface area contributed by atoms with Gasteiger partial charge in [0.05, 0.1) is 6.04 Å². The van der Waals surface area contributed by atoms with Crippen molar-refractivity contribution in [3.05, 3.63) is 106 Å². The highest BCUT2D eigenvalue weighted by Crippen LogP contribution is 2.42. The Morgan fingerprint density at radius 1 is 0.971 bits per heavy atom. The molecule has 1 N–H and O–H groups in total. The van der Waals surface area contributed by atoms with Gasteiger partial charge in [0.25, 0.3) is 0 Å². The molecular formula is C28H24ClN3O2. The largest absolute Gasteiger partial charge is 0.356 e. The fraction of sp³-hybridized carbons (Fsp3) is 0.214. The van der Waals surface area contributed by atoms with Crippen molar-refractivity contribution in [3.63, 3.8) is 0 Å². The van der Waals surface area contributed by atoms with Crippen molar-refractivity contribution in [3.8, 4) is 0 Å². The van der Waals surface area contributed by atoms with E-state index in [9.17, 15) is 9.59 Å². The minimum Gasteiger partial charge on any atom is -0.356 e. The molecule has 1 saturated heterocycles. The van der Waals surface area contributed by atoms with Crippen LogP contribution in [-0.4, -0.2) is 39.2 Å². The molecule has 0 unspecified atom stereocenters. The van der Waals surface area contributed by atoms with Gasteiger partial charge in [-0.15, -0.1) is 0 Å². The molecule has 3 aromatic carbocycles. The number of halogens is 1. The van der Waals surface area contributed by atoms with E-state index in [1.54, 1.807) is 4.90 Å². The van der Waals surface area contributed by atoms with Crippen molar-refractivity contribution >= 4 is 34.3 Å². The summed E-state index contributed by atoms with van der Waals surface area (Å²) in [6, 6.07) is 23.0. The molecule has 0 spiro atoms. The number of piperazine rings is 1. The highest BCUT2D eigenvalue weighted by atomic mass is 35.5. The molecule has 2 amide bonds. The van der Waals surface area contributed by atoms with Crippen LogP contribution in [0.5, 0.6) is 0 Å². The highest BCUT2D eigenvalue weighted by Gasteiger charge is 2.48. The van der Waals surface area contributed by atoms with Gasteiger partial charge in [-0.1, -0.05) is 71.8 Å². The number of fused-ring (bicyclic) bond motifs is 4. The second kappa shape index (κ2) is 8.03. The average Bonchev–Trinajstić information content (AvgIpc) is 3.21. The van der Waals surface area contributed by atoms with Gasteiger partial charge in [-0.2, -0.15) is 0 Å². The first kappa shape index (κ1) is 21.0. The molecule has 2 aliphatic rings. The molecule has 34 heavy (non-hydrogen) atoms. The number of rotatable bonds is 3. The first-order valence-electron chi connectivity index (χ1n) is 11.5. The quantitative estimate of drug-likeness (QED) is 0.458. The number of aromatic nitrogens is 1. The number of H-pyrrole nitrogens is 1. The third kappa shape index (κ3) is 3.39. The number of hydrogen-bond acceptors (Lipinski definition) is 2. The number of nitrogens with zero attached hydrogens (tertiary/aromatic N) is 2. The summed E-state index contributed by atoms with van der Waals surface area (Å²) >= 11 is 6.02. The van der Waals surface area contributed by atoms with Gasteiger partial charge in [-0.25, -0.2) is 0 Å². The topological polar surface area (TPSA) is 56.4 Å². The van der Waals surface area contributed by atoms with Crippen LogP contribution in [0.25, 0.3) is 10.9 Å². The summed E-state index contributed by atoms with van der Waals surface area (Å²) < 4.78 is 0. The average molecular weight is 470 g/mol. The number of amides is 2. The van der Waals surface area contributed by atoms with Gasteiger partial charge >= 0.3 is 0 Å². The summed E-state index contributed by atoms with van der Waals surface area (Å²) in [4.78, 5) is 34.4. The third-order valence-corrected chi connectivity index (χ3v) is 7.27. The molecule has 4 aromatic rings. The molecule has 0 saturated carbocycles. The summed E-state index contributed by atoms with van der Waals surface area (Å²) in [7, 11) is 0. The van der Waals surface area contributed by atoms with Crippen LogP contribution < -0.4 is 0 Å². The van der Waals surface area contributed by atoms with Gasteiger partial charge in [-0.3, -0.25) is 9.59 Å². The molecule has 2 aliphatic heterocycles. The molecule has 2 atom stereocenters.